The minimum absolute atomic E-state index is 0.863. The average Bonchev–Trinajstić information content (AvgIpc) is 2.76. The number of carbonyl (C=O) groups excluding carboxylic acids is 1. The molecule has 0 rings (SSSR count). The van der Waals surface area contributed by atoms with Gasteiger partial charge in [0.05, 0.1) is 38.8 Å². The van der Waals surface area contributed by atoms with Crippen LogP contribution in [0.2, 0.25) is 0 Å². The SMILES string of the molecule is CCCC[N+](CCCC)(CCCC)CCCC.O=C([O-])[C@H](O)[C@@H](O)[C@H](O)[C@H](O)CO. The zero-order valence-corrected chi connectivity index (χ0v) is 19.5. The Morgan fingerprint density at radius 2 is 1.07 bits per heavy atom. The molecule has 0 aromatic heterocycles. The number of carbonyl (C=O) groups is 1. The standard InChI is InChI=1S/C16H36N.C6H12O7/c1-5-9-13-17(14-10-6-2,15-11-7-3)16-12-8-4;7-1-2(8)3(9)4(10)5(11)6(12)13/h5-16H2,1-4H3;2-5,7-11H,1H2,(H,12,13)/q+1;/p-1/t;2-,3-,4+,5-/m.1/s1. The Bertz CT molecular complexity index is 371. The van der Waals surface area contributed by atoms with E-state index in [1.165, 1.54) is 82.0 Å². The number of carboxylic acid groups (broad SMARTS) is 1. The first-order valence-electron chi connectivity index (χ1n) is 11.5. The fourth-order valence-electron chi connectivity index (χ4n) is 3.31. The van der Waals surface area contributed by atoms with Crippen molar-refractivity contribution < 1.29 is 39.9 Å². The fraction of sp³-hybridized carbons (Fsp3) is 0.955. The Morgan fingerprint density at radius 1 is 0.733 bits per heavy atom. The monoisotopic (exact) mass is 437 g/mol. The molecular formula is C22H47NO7. The van der Waals surface area contributed by atoms with Crippen LogP contribution in [0.5, 0.6) is 0 Å². The summed E-state index contributed by atoms with van der Waals surface area (Å²) in [6.45, 7) is 14.2. The van der Waals surface area contributed by atoms with Crippen molar-refractivity contribution in [1.82, 2.24) is 0 Å². The van der Waals surface area contributed by atoms with Gasteiger partial charge in [0.2, 0.25) is 0 Å². The lowest BCUT2D eigenvalue weighted by Crippen LogP contribution is -2.52. The molecule has 0 radical (unpaired) electrons. The topological polar surface area (TPSA) is 141 Å². The third-order valence-corrected chi connectivity index (χ3v) is 5.44. The van der Waals surface area contributed by atoms with E-state index in [0.717, 1.165) is 0 Å². The number of hydrogen-bond donors (Lipinski definition) is 5. The number of hydrogen-bond acceptors (Lipinski definition) is 7. The number of aliphatic carboxylic acids is 1. The van der Waals surface area contributed by atoms with Crippen molar-refractivity contribution in [2.75, 3.05) is 32.8 Å². The zero-order chi connectivity index (χ0) is 23.6. The van der Waals surface area contributed by atoms with Crippen molar-refractivity contribution in [3.63, 3.8) is 0 Å². The predicted molar refractivity (Wildman–Crippen MR) is 115 cm³/mol. The number of aliphatic hydroxyl groups excluding tert-OH is 5. The van der Waals surface area contributed by atoms with E-state index >= 15 is 0 Å². The van der Waals surface area contributed by atoms with E-state index in [9.17, 15) is 9.90 Å². The summed E-state index contributed by atoms with van der Waals surface area (Å²) >= 11 is 0. The maximum absolute atomic E-state index is 9.98. The quantitative estimate of drug-likeness (QED) is 0.204. The van der Waals surface area contributed by atoms with Crippen molar-refractivity contribution in [2.24, 2.45) is 0 Å². The molecule has 0 aliphatic heterocycles. The van der Waals surface area contributed by atoms with Gasteiger partial charge in [0.25, 0.3) is 0 Å². The first kappa shape index (κ1) is 31.4. The lowest BCUT2D eigenvalue weighted by atomic mass is 10.0. The number of carboxylic acids is 1. The molecule has 0 aliphatic rings. The molecule has 0 bridgehead atoms. The van der Waals surface area contributed by atoms with Gasteiger partial charge in [-0.25, -0.2) is 0 Å². The lowest BCUT2D eigenvalue weighted by Gasteiger charge is -2.39. The van der Waals surface area contributed by atoms with E-state index in [1.807, 2.05) is 0 Å². The average molecular weight is 438 g/mol. The second-order valence-electron chi connectivity index (χ2n) is 8.15. The maximum Gasteiger partial charge on any atom is 0.122 e. The van der Waals surface area contributed by atoms with Crippen molar-refractivity contribution in [2.45, 2.75) is 103 Å². The molecule has 8 heteroatoms. The highest BCUT2D eigenvalue weighted by Gasteiger charge is 2.30. The van der Waals surface area contributed by atoms with Crippen LogP contribution in [-0.4, -0.2) is 93.2 Å². The minimum Gasteiger partial charge on any atom is -0.547 e. The van der Waals surface area contributed by atoms with Crippen molar-refractivity contribution in [3.8, 4) is 0 Å². The lowest BCUT2D eigenvalue weighted by molar-refractivity contribution is -0.929. The van der Waals surface area contributed by atoms with Crippen LogP contribution in [0.4, 0.5) is 0 Å². The van der Waals surface area contributed by atoms with Gasteiger partial charge in [0.15, 0.2) is 0 Å². The molecule has 0 aromatic rings. The van der Waals surface area contributed by atoms with Gasteiger partial charge in [0.1, 0.15) is 24.4 Å². The van der Waals surface area contributed by atoms with Crippen molar-refractivity contribution >= 4 is 5.97 Å². The number of aliphatic hydroxyl groups is 5. The van der Waals surface area contributed by atoms with E-state index in [1.54, 1.807) is 0 Å². The van der Waals surface area contributed by atoms with E-state index in [2.05, 4.69) is 27.7 Å². The smallest absolute Gasteiger partial charge is 0.122 e. The molecule has 5 N–H and O–H groups in total. The van der Waals surface area contributed by atoms with Gasteiger partial charge in [-0.3, -0.25) is 0 Å². The molecule has 30 heavy (non-hydrogen) atoms. The van der Waals surface area contributed by atoms with E-state index < -0.39 is 37.0 Å². The summed E-state index contributed by atoms with van der Waals surface area (Å²) in [6.07, 6.45) is 2.98. The number of quaternary nitrogens is 1. The molecule has 0 saturated carbocycles. The third-order valence-electron chi connectivity index (χ3n) is 5.44. The Balaban J connectivity index is 0. The third kappa shape index (κ3) is 13.5. The molecule has 0 unspecified atom stereocenters. The van der Waals surface area contributed by atoms with Crippen LogP contribution in [0.1, 0.15) is 79.1 Å². The second kappa shape index (κ2) is 19.0. The molecule has 0 aliphatic carbocycles. The normalized spacial score (nSPS) is 15.6. The molecule has 0 saturated heterocycles. The van der Waals surface area contributed by atoms with Crippen LogP contribution in [0.15, 0.2) is 0 Å². The van der Waals surface area contributed by atoms with Gasteiger partial charge in [0, 0.05) is 0 Å². The number of rotatable bonds is 17. The molecule has 0 heterocycles. The summed E-state index contributed by atoms with van der Waals surface area (Å²) in [6, 6.07) is 0. The highest BCUT2D eigenvalue weighted by Crippen LogP contribution is 2.16. The first-order valence-corrected chi connectivity index (χ1v) is 11.5. The Morgan fingerprint density at radius 3 is 1.30 bits per heavy atom. The Labute approximate surface area is 182 Å². The van der Waals surface area contributed by atoms with Gasteiger partial charge < -0.3 is 39.9 Å². The largest absolute Gasteiger partial charge is 0.547 e. The van der Waals surface area contributed by atoms with E-state index in [-0.39, 0.29) is 0 Å². The van der Waals surface area contributed by atoms with Gasteiger partial charge in [-0.15, -0.1) is 0 Å². The molecule has 0 fully saturated rings. The first-order chi connectivity index (χ1) is 14.2. The number of unbranched alkanes of at least 4 members (excludes halogenated alkanes) is 4. The summed E-state index contributed by atoms with van der Waals surface area (Å²) in [4.78, 5) is 9.98. The molecular weight excluding hydrogens is 390 g/mol. The van der Waals surface area contributed by atoms with Crippen LogP contribution in [0.25, 0.3) is 0 Å². The Hall–Kier alpha value is -0.770. The number of nitrogens with zero attached hydrogens (tertiary/aromatic N) is 1. The van der Waals surface area contributed by atoms with Crippen LogP contribution in [0.3, 0.4) is 0 Å². The second-order valence-corrected chi connectivity index (χ2v) is 8.15. The predicted octanol–water partition coefficient (Wildman–Crippen LogP) is 0.176. The summed E-state index contributed by atoms with van der Waals surface area (Å²) in [7, 11) is 0. The van der Waals surface area contributed by atoms with Crippen LogP contribution in [-0.2, 0) is 4.79 Å². The van der Waals surface area contributed by atoms with Gasteiger partial charge in [-0.2, -0.15) is 0 Å². The molecule has 0 aromatic carbocycles. The highest BCUT2D eigenvalue weighted by atomic mass is 16.4. The van der Waals surface area contributed by atoms with Crippen LogP contribution >= 0.6 is 0 Å². The molecule has 182 valence electrons. The van der Waals surface area contributed by atoms with Crippen molar-refractivity contribution in [3.05, 3.63) is 0 Å². The Kier molecular flexibility index (Phi) is 19.9. The van der Waals surface area contributed by atoms with Gasteiger partial charge in [-0.05, 0) is 25.7 Å². The van der Waals surface area contributed by atoms with Gasteiger partial charge in [-0.1, -0.05) is 53.4 Å². The molecule has 0 amide bonds. The molecule has 8 nitrogen and oxygen atoms in total. The maximum atomic E-state index is 9.98. The van der Waals surface area contributed by atoms with E-state index in [4.69, 9.17) is 25.5 Å². The van der Waals surface area contributed by atoms with Crippen molar-refractivity contribution in [1.29, 1.82) is 0 Å². The fourth-order valence-corrected chi connectivity index (χ4v) is 3.31. The zero-order valence-electron chi connectivity index (χ0n) is 19.5. The van der Waals surface area contributed by atoms with Crippen LogP contribution < -0.4 is 5.11 Å². The summed E-state index contributed by atoms with van der Waals surface area (Å²) < 4.78 is 1.42. The molecule has 4 atom stereocenters. The van der Waals surface area contributed by atoms with E-state index in [0.29, 0.717) is 0 Å². The molecule has 0 spiro atoms. The van der Waals surface area contributed by atoms with Gasteiger partial charge >= 0.3 is 0 Å². The summed E-state index contributed by atoms with van der Waals surface area (Å²) in [5.41, 5.74) is 0. The highest BCUT2D eigenvalue weighted by molar-refractivity contribution is 5.70. The van der Waals surface area contributed by atoms with Crippen LogP contribution in [0, 0.1) is 0 Å². The summed E-state index contributed by atoms with van der Waals surface area (Å²) in [5, 5.41) is 53.4. The summed E-state index contributed by atoms with van der Waals surface area (Å²) in [5.74, 6) is -1.98. The minimum atomic E-state index is -2.31.